The summed E-state index contributed by atoms with van der Waals surface area (Å²) in [5, 5.41) is 9.11. The molecule has 1 fully saturated rings. The van der Waals surface area contributed by atoms with Gasteiger partial charge in [0.25, 0.3) is 5.91 Å². The molecule has 1 saturated heterocycles. The van der Waals surface area contributed by atoms with Gasteiger partial charge in [-0.3, -0.25) is 14.4 Å². The van der Waals surface area contributed by atoms with Crippen molar-refractivity contribution < 1.29 is 24.2 Å². The summed E-state index contributed by atoms with van der Waals surface area (Å²) < 4.78 is 5.14. The van der Waals surface area contributed by atoms with Crippen LogP contribution in [0.25, 0.3) is 0 Å². The zero-order valence-electron chi connectivity index (χ0n) is 14.7. The fraction of sp³-hybridized carbons (Fsp3) is 0.529. The number of aliphatic carboxylic acids is 1. The molecule has 0 radical (unpaired) electrons. The van der Waals surface area contributed by atoms with Crippen LogP contribution in [0.15, 0.2) is 12.1 Å². The Morgan fingerprint density at radius 2 is 2.12 bits per heavy atom. The minimum atomic E-state index is -0.891. The normalized spacial score (nSPS) is 17.1. The number of likely N-dealkylation sites (tertiary alicyclic amines) is 1. The fourth-order valence-electron chi connectivity index (χ4n) is 2.84. The molecule has 8 nitrogen and oxygen atoms in total. The van der Waals surface area contributed by atoms with Gasteiger partial charge in [-0.2, -0.15) is 0 Å². The van der Waals surface area contributed by atoms with Gasteiger partial charge in [-0.25, -0.2) is 4.98 Å². The third kappa shape index (κ3) is 4.46. The fourth-order valence-corrected chi connectivity index (χ4v) is 2.84. The quantitative estimate of drug-likeness (QED) is 0.844. The van der Waals surface area contributed by atoms with E-state index in [0.717, 1.165) is 5.69 Å². The van der Waals surface area contributed by atoms with Gasteiger partial charge in [-0.15, -0.1) is 0 Å². The summed E-state index contributed by atoms with van der Waals surface area (Å²) in [5.41, 5.74) is 1.01. The standard InChI is InChI=1S/C17H23N3O5/c1-11-6-7-13(15(18-11)25-3)16(22)19(2)10-14(21)20-8-4-5-12(9-20)17(23)24/h6-7,12H,4-5,8-10H2,1-3H3,(H,23,24). The number of carbonyl (C=O) groups is 3. The van der Waals surface area contributed by atoms with Crippen LogP contribution >= 0.6 is 0 Å². The van der Waals surface area contributed by atoms with Crippen molar-refractivity contribution in [1.29, 1.82) is 0 Å². The summed E-state index contributed by atoms with van der Waals surface area (Å²) in [6.07, 6.45) is 1.22. The van der Waals surface area contributed by atoms with Crippen LogP contribution in [0.1, 0.15) is 28.9 Å². The zero-order chi connectivity index (χ0) is 18.6. The molecule has 0 aliphatic carbocycles. The molecule has 1 atom stereocenters. The van der Waals surface area contributed by atoms with Crippen LogP contribution in [0.5, 0.6) is 5.88 Å². The second-order valence-corrected chi connectivity index (χ2v) is 6.19. The highest BCUT2D eigenvalue weighted by Crippen LogP contribution is 2.19. The predicted molar refractivity (Wildman–Crippen MR) is 89.4 cm³/mol. The molecule has 25 heavy (non-hydrogen) atoms. The van der Waals surface area contributed by atoms with E-state index >= 15 is 0 Å². The number of hydrogen-bond acceptors (Lipinski definition) is 5. The average Bonchev–Trinajstić information content (AvgIpc) is 2.60. The largest absolute Gasteiger partial charge is 0.481 e. The van der Waals surface area contributed by atoms with Crippen LogP contribution in [-0.4, -0.2) is 71.5 Å². The van der Waals surface area contributed by atoms with Crippen LogP contribution in [0.4, 0.5) is 0 Å². The minimum absolute atomic E-state index is 0.123. The molecule has 136 valence electrons. The SMILES string of the molecule is COc1nc(C)ccc1C(=O)N(C)CC(=O)N1CCCC(C(=O)O)C1. The van der Waals surface area contributed by atoms with Gasteiger partial charge in [-0.05, 0) is 31.9 Å². The van der Waals surface area contributed by atoms with Crippen LogP contribution in [0, 0.1) is 12.8 Å². The maximum Gasteiger partial charge on any atom is 0.308 e. The Morgan fingerprint density at radius 3 is 2.76 bits per heavy atom. The molecule has 2 heterocycles. The van der Waals surface area contributed by atoms with Crippen molar-refractivity contribution in [3.63, 3.8) is 0 Å². The monoisotopic (exact) mass is 349 g/mol. The van der Waals surface area contributed by atoms with Gasteiger partial charge in [-0.1, -0.05) is 0 Å². The molecule has 8 heteroatoms. The topological polar surface area (TPSA) is 100 Å². The van der Waals surface area contributed by atoms with Gasteiger partial charge in [0.2, 0.25) is 11.8 Å². The van der Waals surface area contributed by atoms with Crippen molar-refractivity contribution >= 4 is 17.8 Å². The Bertz CT molecular complexity index is 676. The highest BCUT2D eigenvalue weighted by Gasteiger charge is 2.29. The summed E-state index contributed by atoms with van der Waals surface area (Å²) in [6, 6.07) is 3.32. The highest BCUT2D eigenvalue weighted by atomic mass is 16.5. The van der Waals surface area contributed by atoms with Crippen molar-refractivity contribution in [3.8, 4) is 5.88 Å². The van der Waals surface area contributed by atoms with E-state index < -0.39 is 11.9 Å². The molecule has 1 aromatic heterocycles. The third-order valence-corrected chi connectivity index (χ3v) is 4.27. The first kappa shape index (κ1) is 18.7. The van der Waals surface area contributed by atoms with Gasteiger partial charge in [0.15, 0.2) is 0 Å². The Kier molecular flexibility index (Phi) is 5.95. The lowest BCUT2D eigenvalue weighted by Crippen LogP contribution is -2.47. The first-order valence-electron chi connectivity index (χ1n) is 8.11. The van der Waals surface area contributed by atoms with E-state index in [1.54, 1.807) is 19.1 Å². The van der Waals surface area contributed by atoms with E-state index in [-0.39, 0.29) is 36.3 Å². The number of piperidine rings is 1. The highest BCUT2D eigenvalue weighted by molar-refractivity contribution is 5.98. The van der Waals surface area contributed by atoms with Crippen molar-refractivity contribution in [3.05, 3.63) is 23.4 Å². The molecule has 1 aliphatic heterocycles. The first-order chi connectivity index (χ1) is 11.8. The molecule has 0 aromatic carbocycles. The van der Waals surface area contributed by atoms with E-state index in [9.17, 15) is 14.4 Å². The number of nitrogens with zero attached hydrogens (tertiary/aromatic N) is 3. The summed E-state index contributed by atoms with van der Waals surface area (Å²) in [7, 11) is 2.96. The predicted octanol–water partition coefficient (Wildman–Crippen LogP) is 0.794. The van der Waals surface area contributed by atoms with Crippen LogP contribution in [0.2, 0.25) is 0 Å². The number of rotatable bonds is 5. The number of methoxy groups -OCH3 is 1. The maximum atomic E-state index is 12.6. The number of carboxylic acids is 1. The number of amides is 2. The number of aromatic nitrogens is 1. The van der Waals surface area contributed by atoms with Crippen molar-refractivity contribution in [1.82, 2.24) is 14.8 Å². The Morgan fingerprint density at radius 1 is 1.40 bits per heavy atom. The molecular formula is C17H23N3O5. The smallest absolute Gasteiger partial charge is 0.308 e. The molecule has 1 aliphatic rings. The van der Waals surface area contributed by atoms with E-state index in [2.05, 4.69) is 4.98 Å². The molecule has 0 saturated carbocycles. The molecule has 2 amide bonds. The summed E-state index contributed by atoms with van der Waals surface area (Å²) in [6.45, 7) is 2.37. The van der Waals surface area contributed by atoms with E-state index in [4.69, 9.17) is 9.84 Å². The second-order valence-electron chi connectivity index (χ2n) is 6.19. The van der Waals surface area contributed by atoms with Gasteiger partial charge in [0.05, 0.1) is 19.6 Å². The van der Waals surface area contributed by atoms with Crippen molar-refractivity contribution in [2.75, 3.05) is 33.8 Å². The summed E-state index contributed by atoms with van der Waals surface area (Å²) in [5.74, 6) is -1.85. The number of aryl methyl sites for hydroxylation is 1. The zero-order valence-corrected chi connectivity index (χ0v) is 14.7. The van der Waals surface area contributed by atoms with Crippen LogP contribution < -0.4 is 4.74 Å². The lowest BCUT2D eigenvalue weighted by molar-refractivity contribution is -0.145. The van der Waals surface area contributed by atoms with Crippen molar-refractivity contribution in [2.45, 2.75) is 19.8 Å². The van der Waals surface area contributed by atoms with Crippen LogP contribution in [-0.2, 0) is 9.59 Å². The molecule has 0 spiro atoms. The maximum absolute atomic E-state index is 12.6. The Hall–Kier alpha value is -2.64. The minimum Gasteiger partial charge on any atom is -0.481 e. The van der Waals surface area contributed by atoms with E-state index in [1.165, 1.54) is 24.0 Å². The molecule has 0 bridgehead atoms. The number of ether oxygens (including phenoxy) is 1. The van der Waals surface area contributed by atoms with Gasteiger partial charge in [0, 0.05) is 25.8 Å². The molecule has 1 N–H and O–H groups in total. The number of likely N-dealkylation sites (N-methyl/N-ethyl adjacent to an activating group) is 1. The van der Waals surface area contributed by atoms with Gasteiger partial charge >= 0.3 is 5.97 Å². The number of hydrogen-bond donors (Lipinski definition) is 1. The molecule has 1 aromatic rings. The van der Waals surface area contributed by atoms with Crippen LogP contribution in [0.3, 0.4) is 0 Å². The van der Waals surface area contributed by atoms with Gasteiger partial charge in [0.1, 0.15) is 5.56 Å². The van der Waals surface area contributed by atoms with Gasteiger partial charge < -0.3 is 19.6 Å². The lowest BCUT2D eigenvalue weighted by Gasteiger charge is -2.32. The lowest BCUT2D eigenvalue weighted by atomic mass is 9.98. The number of carboxylic acid groups (broad SMARTS) is 1. The van der Waals surface area contributed by atoms with E-state index in [1.807, 2.05) is 0 Å². The number of pyridine rings is 1. The number of carbonyl (C=O) groups excluding carboxylic acids is 2. The van der Waals surface area contributed by atoms with Crippen molar-refractivity contribution in [2.24, 2.45) is 5.92 Å². The van der Waals surface area contributed by atoms with E-state index in [0.29, 0.717) is 19.4 Å². The Labute approximate surface area is 146 Å². The Balaban J connectivity index is 2.03. The molecular weight excluding hydrogens is 326 g/mol. The summed E-state index contributed by atoms with van der Waals surface area (Å²) >= 11 is 0. The second kappa shape index (κ2) is 7.96. The first-order valence-corrected chi connectivity index (χ1v) is 8.11. The third-order valence-electron chi connectivity index (χ3n) is 4.27. The molecule has 1 unspecified atom stereocenters. The molecule has 2 rings (SSSR count). The summed E-state index contributed by atoms with van der Waals surface area (Å²) in [4.78, 5) is 43.1. The average molecular weight is 349 g/mol.